The van der Waals surface area contributed by atoms with Gasteiger partial charge in [0.25, 0.3) is 5.91 Å². The second-order valence-corrected chi connectivity index (χ2v) is 11.2. The Morgan fingerprint density at radius 3 is 2.37 bits per heavy atom. The van der Waals surface area contributed by atoms with Gasteiger partial charge in [0, 0.05) is 51.0 Å². The summed E-state index contributed by atoms with van der Waals surface area (Å²) in [5.74, 6) is 0.929. The van der Waals surface area contributed by atoms with E-state index >= 15 is 0 Å². The van der Waals surface area contributed by atoms with E-state index in [0.29, 0.717) is 49.6 Å². The van der Waals surface area contributed by atoms with Crippen LogP contribution in [-0.4, -0.2) is 53.6 Å². The first-order valence-corrected chi connectivity index (χ1v) is 13.6. The van der Waals surface area contributed by atoms with Crippen molar-refractivity contribution in [2.45, 2.75) is 32.9 Å². The van der Waals surface area contributed by atoms with Crippen molar-refractivity contribution in [3.8, 4) is 39.6 Å². The maximum atomic E-state index is 13.7. The van der Waals surface area contributed by atoms with Crippen molar-refractivity contribution >= 4 is 35.4 Å². The van der Waals surface area contributed by atoms with Crippen LogP contribution in [0, 0.1) is 0 Å². The van der Waals surface area contributed by atoms with Crippen LogP contribution >= 0.6 is 23.2 Å². The number of carbonyl (C=O) groups excluding carboxylic acids is 2. The molecule has 0 fully saturated rings. The standard InChI is InChI=1S/C30H27Cl2N3O4.CH5N/c1-30(2,3)34(4)29(37)27-24-16-39-26-14-25(38-5)22(18-8-6-7-17(9-18)15-36)13-23(26)28(24)35(33-27)21-11-19(31)10-20(32)12-21;1-2/h6-15H,16H2,1-5H3;2H2,1H3. The molecule has 0 aliphatic carbocycles. The fraction of sp³-hybridized carbons (Fsp3) is 0.258. The van der Waals surface area contributed by atoms with Gasteiger partial charge in [-0.25, -0.2) is 4.68 Å². The van der Waals surface area contributed by atoms with E-state index in [1.165, 1.54) is 7.05 Å². The average molecular weight is 596 g/mol. The fourth-order valence-corrected chi connectivity index (χ4v) is 5.05. The lowest BCUT2D eigenvalue weighted by atomic mass is 9.95. The minimum Gasteiger partial charge on any atom is -0.496 e. The van der Waals surface area contributed by atoms with Gasteiger partial charge >= 0.3 is 0 Å². The molecule has 0 unspecified atom stereocenters. The Labute approximate surface area is 249 Å². The van der Waals surface area contributed by atoms with Crippen LogP contribution in [0.1, 0.15) is 47.2 Å². The van der Waals surface area contributed by atoms with E-state index in [1.807, 2.05) is 45.0 Å². The van der Waals surface area contributed by atoms with Crippen LogP contribution in [0.2, 0.25) is 10.0 Å². The molecule has 41 heavy (non-hydrogen) atoms. The maximum Gasteiger partial charge on any atom is 0.274 e. The Balaban J connectivity index is 0.00000189. The summed E-state index contributed by atoms with van der Waals surface area (Å²) in [7, 11) is 4.84. The lowest BCUT2D eigenvalue weighted by molar-refractivity contribution is 0.0646. The number of hydrogen-bond donors (Lipinski definition) is 1. The summed E-state index contributed by atoms with van der Waals surface area (Å²) in [6, 6.07) is 16.1. The van der Waals surface area contributed by atoms with Crippen molar-refractivity contribution in [1.82, 2.24) is 14.7 Å². The minimum absolute atomic E-state index is 0.138. The largest absolute Gasteiger partial charge is 0.496 e. The van der Waals surface area contributed by atoms with Crippen molar-refractivity contribution < 1.29 is 19.1 Å². The van der Waals surface area contributed by atoms with Crippen LogP contribution in [0.3, 0.4) is 0 Å². The first-order valence-electron chi connectivity index (χ1n) is 12.9. The Hall–Kier alpha value is -3.85. The summed E-state index contributed by atoms with van der Waals surface area (Å²) in [5.41, 5.74) is 9.11. The number of fused-ring (bicyclic) bond motifs is 3. The number of halogens is 2. The first-order chi connectivity index (χ1) is 19.5. The molecule has 3 aromatic carbocycles. The lowest BCUT2D eigenvalue weighted by Gasteiger charge is -2.31. The van der Waals surface area contributed by atoms with E-state index in [-0.39, 0.29) is 18.2 Å². The highest BCUT2D eigenvalue weighted by molar-refractivity contribution is 6.34. The molecular formula is C31H32Cl2N4O4. The second kappa shape index (κ2) is 11.9. The van der Waals surface area contributed by atoms with E-state index < -0.39 is 5.54 Å². The molecule has 0 atom stereocenters. The number of hydrogen-bond acceptors (Lipinski definition) is 6. The molecule has 214 valence electrons. The van der Waals surface area contributed by atoms with Crippen molar-refractivity contribution in [3.63, 3.8) is 0 Å². The third kappa shape index (κ3) is 5.81. The van der Waals surface area contributed by atoms with Gasteiger partial charge in [0.1, 0.15) is 24.4 Å². The summed E-state index contributed by atoms with van der Waals surface area (Å²) in [5, 5.41) is 5.68. The summed E-state index contributed by atoms with van der Waals surface area (Å²) < 4.78 is 13.6. The van der Waals surface area contributed by atoms with Gasteiger partial charge in [-0.15, -0.1) is 0 Å². The van der Waals surface area contributed by atoms with Crippen LogP contribution in [0.5, 0.6) is 11.5 Å². The van der Waals surface area contributed by atoms with Gasteiger partial charge in [-0.2, -0.15) is 5.10 Å². The Morgan fingerprint density at radius 1 is 1.07 bits per heavy atom. The number of rotatable bonds is 5. The summed E-state index contributed by atoms with van der Waals surface area (Å²) in [4.78, 5) is 26.8. The molecule has 1 aromatic heterocycles. The van der Waals surface area contributed by atoms with Crippen LogP contribution in [0.4, 0.5) is 0 Å². The van der Waals surface area contributed by atoms with Crippen LogP contribution in [-0.2, 0) is 6.61 Å². The van der Waals surface area contributed by atoms with Gasteiger partial charge in [-0.1, -0.05) is 41.4 Å². The highest BCUT2D eigenvalue weighted by Crippen LogP contribution is 2.46. The minimum atomic E-state index is -0.426. The number of nitrogens with zero attached hydrogens (tertiary/aromatic N) is 3. The summed E-state index contributed by atoms with van der Waals surface area (Å²) in [6.45, 7) is 6.02. The molecule has 0 radical (unpaired) electrons. The molecule has 8 nitrogen and oxygen atoms in total. The molecule has 0 saturated carbocycles. The molecule has 1 aliphatic rings. The van der Waals surface area contributed by atoms with Gasteiger partial charge in [0.15, 0.2) is 5.69 Å². The topological polar surface area (TPSA) is 99.7 Å². The molecule has 2 heterocycles. The number of aromatic nitrogens is 2. The number of aldehydes is 1. The van der Waals surface area contributed by atoms with Gasteiger partial charge in [-0.05, 0) is 63.7 Å². The third-order valence-electron chi connectivity index (χ3n) is 6.85. The van der Waals surface area contributed by atoms with E-state index in [4.69, 9.17) is 37.8 Å². The average Bonchev–Trinajstić information content (AvgIpc) is 3.36. The fourth-order valence-electron chi connectivity index (χ4n) is 4.54. The maximum absolute atomic E-state index is 13.7. The summed E-state index contributed by atoms with van der Waals surface area (Å²) >= 11 is 12.7. The zero-order valence-corrected chi connectivity index (χ0v) is 25.3. The zero-order chi connectivity index (χ0) is 30.1. The Kier molecular flexibility index (Phi) is 8.77. The normalized spacial score (nSPS) is 11.8. The van der Waals surface area contributed by atoms with Crippen LogP contribution in [0.25, 0.3) is 28.1 Å². The SMILES string of the molecule is CN.COc1cc2c(cc1-c1cccc(C=O)c1)-c1c(c(C(=O)N(C)C(C)(C)C)nn1-c1cc(Cl)cc(Cl)c1)CO2. The van der Waals surface area contributed by atoms with Gasteiger partial charge in [-0.3, -0.25) is 9.59 Å². The van der Waals surface area contributed by atoms with E-state index in [9.17, 15) is 9.59 Å². The van der Waals surface area contributed by atoms with Crippen molar-refractivity contribution in [2.75, 3.05) is 21.2 Å². The molecule has 10 heteroatoms. The first kappa shape index (κ1) is 30.1. The van der Waals surface area contributed by atoms with E-state index in [2.05, 4.69) is 5.73 Å². The van der Waals surface area contributed by atoms with Gasteiger partial charge < -0.3 is 20.1 Å². The quantitative estimate of drug-likeness (QED) is 0.259. The van der Waals surface area contributed by atoms with Gasteiger partial charge in [0.2, 0.25) is 0 Å². The molecule has 5 rings (SSSR count). The predicted molar refractivity (Wildman–Crippen MR) is 163 cm³/mol. The monoisotopic (exact) mass is 594 g/mol. The van der Waals surface area contributed by atoms with Crippen LogP contribution < -0.4 is 15.2 Å². The summed E-state index contributed by atoms with van der Waals surface area (Å²) in [6.07, 6.45) is 0.803. The number of ether oxygens (including phenoxy) is 2. The molecule has 1 amide bonds. The molecule has 0 bridgehead atoms. The van der Waals surface area contributed by atoms with E-state index in [0.717, 1.165) is 17.4 Å². The Morgan fingerprint density at radius 2 is 1.76 bits per heavy atom. The molecular weight excluding hydrogens is 563 g/mol. The number of benzene rings is 3. The molecule has 0 saturated heterocycles. The Bertz CT molecular complexity index is 1610. The van der Waals surface area contributed by atoms with Crippen LogP contribution in [0.15, 0.2) is 54.6 Å². The highest BCUT2D eigenvalue weighted by Gasteiger charge is 2.34. The molecule has 1 aliphatic heterocycles. The third-order valence-corrected chi connectivity index (χ3v) is 7.29. The van der Waals surface area contributed by atoms with Crippen molar-refractivity contribution in [3.05, 3.63) is 81.5 Å². The number of carbonyl (C=O) groups is 2. The number of nitrogens with two attached hydrogens (primary N) is 1. The smallest absolute Gasteiger partial charge is 0.274 e. The van der Waals surface area contributed by atoms with Crippen molar-refractivity contribution in [2.24, 2.45) is 5.73 Å². The molecule has 4 aromatic rings. The second-order valence-electron chi connectivity index (χ2n) is 10.3. The predicted octanol–water partition coefficient (Wildman–Crippen LogP) is 6.67. The highest BCUT2D eigenvalue weighted by atomic mass is 35.5. The molecule has 2 N–H and O–H groups in total. The van der Waals surface area contributed by atoms with Gasteiger partial charge in [0.05, 0.1) is 18.5 Å². The zero-order valence-electron chi connectivity index (χ0n) is 23.8. The molecule has 0 spiro atoms. The lowest BCUT2D eigenvalue weighted by Crippen LogP contribution is -2.43. The number of methoxy groups -OCH3 is 1. The van der Waals surface area contributed by atoms with E-state index in [1.54, 1.807) is 54.1 Å². The van der Waals surface area contributed by atoms with Crippen molar-refractivity contribution in [1.29, 1.82) is 0 Å². The number of amides is 1.